The van der Waals surface area contributed by atoms with Gasteiger partial charge in [-0.3, -0.25) is 0 Å². The Labute approximate surface area is 128 Å². The average molecular weight is 313 g/mol. The fourth-order valence-corrected chi connectivity index (χ4v) is 1.90. The van der Waals surface area contributed by atoms with E-state index in [4.69, 9.17) is 0 Å². The van der Waals surface area contributed by atoms with Crippen molar-refractivity contribution in [3.8, 4) is 0 Å². The molecule has 0 amide bonds. The van der Waals surface area contributed by atoms with Crippen molar-refractivity contribution in [3.05, 3.63) is 17.6 Å². The van der Waals surface area contributed by atoms with Gasteiger partial charge in [0.1, 0.15) is 11.6 Å². The van der Waals surface area contributed by atoms with Crippen molar-refractivity contribution in [3.63, 3.8) is 0 Å². The third kappa shape index (κ3) is 4.66. The quantitative estimate of drug-likeness (QED) is 0.874. The van der Waals surface area contributed by atoms with Crippen LogP contribution in [0.4, 0.5) is 5.82 Å². The molecule has 0 saturated heterocycles. The smallest absolute Gasteiger partial charge is 0.154 e. The van der Waals surface area contributed by atoms with Crippen LogP contribution in [0.25, 0.3) is 0 Å². The van der Waals surface area contributed by atoms with Crippen molar-refractivity contribution in [2.75, 3.05) is 18.1 Å². The molecule has 0 radical (unpaired) electrons. The van der Waals surface area contributed by atoms with E-state index in [0.717, 1.165) is 11.5 Å². The maximum absolute atomic E-state index is 11.8. The van der Waals surface area contributed by atoms with E-state index in [1.54, 1.807) is 13.8 Å². The minimum atomic E-state index is -3.13. The van der Waals surface area contributed by atoms with E-state index in [9.17, 15) is 8.42 Å². The van der Waals surface area contributed by atoms with Crippen LogP contribution in [0.5, 0.6) is 0 Å². The molecule has 21 heavy (non-hydrogen) atoms. The van der Waals surface area contributed by atoms with Gasteiger partial charge in [0.05, 0.1) is 4.75 Å². The van der Waals surface area contributed by atoms with E-state index in [0.29, 0.717) is 18.3 Å². The summed E-state index contributed by atoms with van der Waals surface area (Å²) in [6.07, 6.45) is 1.26. The van der Waals surface area contributed by atoms with Gasteiger partial charge >= 0.3 is 0 Å². The molecule has 0 aliphatic carbocycles. The summed E-state index contributed by atoms with van der Waals surface area (Å²) in [5, 5.41) is 3.15. The molecule has 0 aliphatic heterocycles. The average Bonchev–Trinajstić information content (AvgIpc) is 2.34. The van der Waals surface area contributed by atoms with Gasteiger partial charge in [0.25, 0.3) is 0 Å². The fraction of sp³-hybridized carbons (Fsp3) is 0.733. The third-order valence-corrected chi connectivity index (χ3v) is 5.72. The van der Waals surface area contributed by atoms with Crippen LogP contribution in [0.15, 0.2) is 6.07 Å². The summed E-state index contributed by atoms with van der Waals surface area (Å²) >= 11 is 0. The summed E-state index contributed by atoms with van der Waals surface area (Å²) in [6, 6.07) is 1.90. The van der Waals surface area contributed by atoms with E-state index in [-0.39, 0.29) is 5.92 Å². The fourth-order valence-electron chi connectivity index (χ4n) is 1.56. The Hall–Kier alpha value is -1.17. The lowest BCUT2D eigenvalue weighted by molar-refractivity contribution is 0.559. The summed E-state index contributed by atoms with van der Waals surface area (Å²) in [5.41, 5.74) is 0.966. The van der Waals surface area contributed by atoms with Gasteiger partial charge in [0.2, 0.25) is 0 Å². The summed E-state index contributed by atoms with van der Waals surface area (Å²) < 4.78 is 22.7. The molecule has 0 fully saturated rings. The Bertz CT molecular complexity index is 567. The molecule has 1 aromatic rings. The van der Waals surface area contributed by atoms with Crippen LogP contribution >= 0.6 is 0 Å². The highest BCUT2D eigenvalue weighted by atomic mass is 32.2. The van der Waals surface area contributed by atoms with Crippen molar-refractivity contribution >= 4 is 15.7 Å². The lowest BCUT2D eigenvalue weighted by atomic mass is 10.1. The highest BCUT2D eigenvalue weighted by Gasteiger charge is 2.30. The van der Waals surface area contributed by atoms with Gasteiger partial charge in [0, 0.05) is 30.5 Å². The Morgan fingerprint density at radius 3 is 2.14 bits per heavy atom. The molecule has 1 N–H and O–H groups in total. The molecule has 0 spiro atoms. The van der Waals surface area contributed by atoms with Crippen LogP contribution in [0.1, 0.15) is 64.9 Å². The molecule has 1 heterocycles. The zero-order chi connectivity index (χ0) is 16.4. The second-order valence-electron chi connectivity index (χ2n) is 6.73. The van der Waals surface area contributed by atoms with Crippen molar-refractivity contribution in [1.82, 2.24) is 9.97 Å². The number of rotatable bonds is 6. The van der Waals surface area contributed by atoms with Gasteiger partial charge < -0.3 is 5.32 Å². The Morgan fingerprint density at radius 2 is 1.71 bits per heavy atom. The van der Waals surface area contributed by atoms with Crippen LogP contribution in [0.3, 0.4) is 0 Å². The third-order valence-electron chi connectivity index (χ3n) is 3.57. The van der Waals surface area contributed by atoms with E-state index in [1.807, 2.05) is 19.9 Å². The maximum Gasteiger partial charge on any atom is 0.154 e. The number of sulfone groups is 1. The summed E-state index contributed by atoms with van der Waals surface area (Å²) in [4.78, 5) is 9.04. The van der Waals surface area contributed by atoms with Crippen molar-refractivity contribution in [2.45, 2.75) is 58.1 Å². The van der Waals surface area contributed by atoms with Gasteiger partial charge in [0.15, 0.2) is 9.84 Å². The van der Waals surface area contributed by atoms with Crippen LogP contribution in [0, 0.1) is 0 Å². The van der Waals surface area contributed by atoms with E-state index >= 15 is 0 Å². The second-order valence-corrected chi connectivity index (χ2v) is 9.38. The zero-order valence-corrected chi connectivity index (χ0v) is 14.9. The minimum absolute atomic E-state index is 0.229. The van der Waals surface area contributed by atoms with Crippen molar-refractivity contribution in [2.24, 2.45) is 0 Å². The summed E-state index contributed by atoms with van der Waals surface area (Å²) in [7, 11) is -3.13. The van der Waals surface area contributed by atoms with Crippen LogP contribution in [-0.4, -0.2) is 35.9 Å². The van der Waals surface area contributed by atoms with Crippen LogP contribution in [0.2, 0.25) is 0 Å². The highest BCUT2D eigenvalue weighted by molar-refractivity contribution is 7.92. The number of aromatic nitrogens is 2. The van der Waals surface area contributed by atoms with Gasteiger partial charge in [-0.15, -0.1) is 0 Å². The first-order chi connectivity index (χ1) is 9.44. The molecular weight excluding hydrogens is 286 g/mol. The predicted octanol–water partition coefficient (Wildman–Crippen LogP) is 2.96. The topological polar surface area (TPSA) is 72.0 Å². The first-order valence-corrected chi connectivity index (χ1v) is 9.15. The number of nitrogens with zero attached hydrogens (tertiary/aromatic N) is 2. The van der Waals surface area contributed by atoms with Crippen molar-refractivity contribution in [1.29, 1.82) is 0 Å². The molecule has 120 valence electrons. The first kappa shape index (κ1) is 17.9. The molecule has 0 aliphatic rings. The summed E-state index contributed by atoms with van der Waals surface area (Å²) in [5.74, 6) is 2.00. The molecule has 1 rings (SSSR count). The molecule has 1 aromatic heterocycles. The minimum Gasteiger partial charge on any atom is -0.368 e. The van der Waals surface area contributed by atoms with Gasteiger partial charge in [-0.1, -0.05) is 27.7 Å². The second kappa shape index (κ2) is 6.30. The SMILES string of the molecule is CC(C)c1cc(NCC(C)(C)S(C)(=O)=O)nc(C(C)C)n1. The van der Waals surface area contributed by atoms with E-state index in [2.05, 4.69) is 29.1 Å². The molecule has 5 nitrogen and oxygen atoms in total. The highest BCUT2D eigenvalue weighted by Crippen LogP contribution is 2.21. The maximum atomic E-state index is 11.8. The van der Waals surface area contributed by atoms with Crippen LogP contribution in [-0.2, 0) is 9.84 Å². The van der Waals surface area contributed by atoms with Gasteiger partial charge in [-0.05, 0) is 19.8 Å². The first-order valence-electron chi connectivity index (χ1n) is 7.26. The number of hydrogen-bond donors (Lipinski definition) is 1. The molecule has 0 bridgehead atoms. The normalized spacial score (nSPS) is 13.0. The molecular formula is C15H27N3O2S. The number of hydrogen-bond acceptors (Lipinski definition) is 5. The summed E-state index contributed by atoms with van der Waals surface area (Å²) in [6.45, 7) is 12.0. The zero-order valence-electron chi connectivity index (χ0n) is 14.1. The lowest BCUT2D eigenvalue weighted by Gasteiger charge is -2.23. The molecule has 0 aromatic carbocycles. The Kier molecular flexibility index (Phi) is 5.36. The molecule has 6 heteroatoms. The Balaban J connectivity index is 3.03. The monoisotopic (exact) mass is 313 g/mol. The standard InChI is InChI=1S/C15H27N3O2S/c1-10(2)12-8-13(18-14(17-12)11(3)4)16-9-15(5,6)21(7,19)20/h8,10-11H,9H2,1-7H3,(H,16,17,18). The van der Waals surface area contributed by atoms with Crippen LogP contribution < -0.4 is 5.32 Å². The van der Waals surface area contributed by atoms with E-state index in [1.165, 1.54) is 6.26 Å². The largest absolute Gasteiger partial charge is 0.368 e. The molecule has 0 atom stereocenters. The number of nitrogens with one attached hydrogen (secondary N) is 1. The van der Waals surface area contributed by atoms with E-state index < -0.39 is 14.6 Å². The molecule has 0 saturated carbocycles. The lowest BCUT2D eigenvalue weighted by Crippen LogP contribution is -2.38. The predicted molar refractivity (Wildman–Crippen MR) is 87.6 cm³/mol. The van der Waals surface area contributed by atoms with Gasteiger partial charge in [-0.25, -0.2) is 18.4 Å². The van der Waals surface area contributed by atoms with Gasteiger partial charge in [-0.2, -0.15) is 0 Å². The Morgan fingerprint density at radius 1 is 1.14 bits per heavy atom. The number of anilines is 1. The molecule has 0 unspecified atom stereocenters. The van der Waals surface area contributed by atoms with Crippen molar-refractivity contribution < 1.29 is 8.42 Å².